The summed E-state index contributed by atoms with van der Waals surface area (Å²) in [6.45, 7) is 0. The molecule has 3 N–H and O–H groups in total. The highest BCUT2D eigenvalue weighted by molar-refractivity contribution is 7.92. The van der Waals surface area contributed by atoms with Crippen molar-refractivity contribution in [1.29, 1.82) is 0 Å². The highest BCUT2D eigenvalue weighted by Crippen LogP contribution is 2.21. The molecule has 27 heavy (non-hydrogen) atoms. The second kappa shape index (κ2) is 7.87. The van der Waals surface area contributed by atoms with Gasteiger partial charge in [0.05, 0.1) is 30.2 Å². The maximum atomic E-state index is 12.7. The molecule has 142 valence electrons. The van der Waals surface area contributed by atoms with E-state index in [0.29, 0.717) is 0 Å². The molecular weight excluding hydrogens is 376 g/mol. The van der Waals surface area contributed by atoms with Crippen LogP contribution in [0.1, 0.15) is 31.1 Å². The van der Waals surface area contributed by atoms with Crippen LogP contribution in [0.15, 0.2) is 47.4 Å². The van der Waals surface area contributed by atoms with E-state index in [0.717, 1.165) is 32.4 Å². The number of benzene rings is 2. The number of carbonyl (C=O) groups is 3. The van der Waals surface area contributed by atoms with E-state index in [1.54, 1.807) is 0 Å². The third kappa shape index (κ3) is 4.61. The number of nitrogens with two attached hydrogens (primary N) is 1. The first-order valence-electron chi connectivity index (χ1n) is 7.42. The summed E-state index contributed by atoms with van der Waals surface area (Å²) in [7, 11) is -1.96. The fourth-order valence-corrected chi connectivity index (χ4v) is 3.29. The predicted octanol–water partition coefficient (Wildman–Crippen LogP) is 1.16. The fraction of sp³-hybridized carbons (Fsp3) is 0.118. The van der Waals surface area contributed by atoms with Gasteiger partial charge in [0.25, 0.3) is 10.0 Å². The van der Waals surface area contributed by atoms with Gasteiger partial charge >= 0.3 is 11.9 Å². The molecule has 0 aliphatic heterocycles. The van der Waals surface area contributed by atoms with Crippen LogP contribution in [0, 0.1) is 0 Å². The lowest BCUT2D eigenvalue weighted by molar-refractivity contribution is 0.0598. The molecule has 1 amide bonds. The zero-order chi connectivity index (χ0) is 20.2. The van der Waals surface area contributed by atoms with Gasteiger partial charge in [-0.25, -0.2) is 18.0 Å². The molecule has 0 aliphatic rings. The number of sulfonamides is 1. The fourth-order valence-electron chi connectivity index (χ4n) is 2.18. The Bertz CT molecular complexity index is 981. The van der Waals surface area contributed by atoms with Crippen LogP contribution >= 0.6 is 0 Å². The van der Waals surface area contributed by atoms with Gasteiger partial charge in [-0.05, 0) is 36.4 Å². The summed E-state index contributed by atoms with van der Waals surface area (Å²) in [4.78, 5) is 34.5. The summed E-state index contributed by atoms with van der Waals surface area (Å²) in [6.07, 6.45) is 0. The van der Waals surface area contributed by atoms with E-state index in [9.17, 15) is 22.8 Å². The smallest absolute Gasteiger partial charge is 0.337 e. The number of esters is 2. The minimum Gasteiger partial charge on any atom is -0.465 e. The highest BCUT2D eigenvalue weighted by atomic mass is 32.2. The zero-order valence-electron chi connectivity index (χ0n) is 14.4. The highest BCUT2D eigenvalue weighted by Gasteiger charge is 2.21. The molecule has 9 nitrogen and oxygen atoms in total. The van der Waals surface area contributed by atoms with Crippen LogP contribution in [0.4, 0.5) is 5.69 Å². The second-order valence-corrected chi connectivity index (χ2v) is 6.96. The maximum absolute atomic E-state index is 12.7. The first-order valence-corrected chi connectivity index (χ1v) is 8.90. The normalized spacial score (nSPS) is 10.7. The number of hydrogen-bond donors (Lipinski definition) is 2. The van der Waals surface area contributed by atoms with E-state index >= 15 is 0 Å². The number of anilines is 1. The number of methoxy groups -OCH3 is 2. The molecule has 0 aromatic heterocycles. The molecule has 0 saturated heterocycles. The molecule has 0 saturated carbocycles. The summed E-state index contributed by atoms with van der Waals surface area (Å²) in [5, 5.41) is 0. The van der Waals surface area contributed by atoms with Crippen LogP contribution in [0.5, 0.6) is 0 Å². The molecule has 0 heterocycles. The van der Waals surface area contributed by atoms with Gasteiger partial charge in [-0.15, -0.1) is 0 Å². The topological polar surface area (TPSA) is 142 Å². The molecule has 0 radical (unpaired) electrons. The molecule has 0 atom stereocenters. The van der Waals surface area contributed by atoms with Crippen LogP contribution in [-0.2, 0) is 19.5 Å². The molecule has 0 spiro atoms. The van der Waals surface area contributed by atoms with Gasteiger partial charge in [0.2, 0.25) is 5.91 Å². The van der Waals surface area contributed by atoms with Gasteiger partial charge in [-0.3, -0.25) is 9.52 Å². The number of rotatable bonds is 6. The minimum absolute atomic E-state index is 0.0781. The third-order valence-corrected chi connectivity index (χ3v) is 4.82. The van der Waals surface area contributed by atoms with E-state index in [1.165, 1.54) is 24.3 Å². The minimum atomic E-state index is -4.20. The Kier molecular flexibility index (Phi) is 5.81. The van der Waals surface area contributed by atoms with Crippen molar-refractivity contribution in [1.82, 2.24) is 0 Å². The monoisotopic (exact) mass is 392 g/mol. The average molecular weight is 392 g/mol. The Morgan fingerprint density at radius 1 is 0.889 bits per heavy atom. The van der Waals surface area contributed by atoms with Crippen molar-refractivity contribution in [2.75, 3.05) is 18.9 Å². The Labute approximate surface area is 155 Å². The average Bonchev–Trinajstić information content (AvgIpc) is 2.66. The molecule has 0 bridgehead atoms. The Morgan fingerprint density at radius 2 is 1.44 bits per heavy atom. The molecule has 0 unspecified atom stereocenters. The quantitative estimate of drug-likeness (QED) is 0.702. The van der Waals surface area contributed by atoms with Gasteiger partial charge in [-0.2, -0.15) is 0 Å². The predicted molar refractivity (Wildman–Crippen MR) is 94.9 cm³/mol. The van der Waals surface area contributed by atoms with Gasteiger partial charge < -0.3 is 15.2 Å². The second-order valence-electron chi connectivity index (χ2n) is 5.28. The summed E-state index contributed by atoms with van der Waals surface area (Å²) in [6, 6.07) is 8.80. The van der Waals surface area contributed by atoms with E-state index in [2.05, 4.69) is 14.2 Å². The Morgan fingerprint density at radius 3 is 1.93 bits per heavy atom. The van der Waals surface area contributed by atoms with Crippen LogP contribution in [-0.4, -0.2) is 40.5 Å². The van der Waals surface area contributed by atoms with Crippen molar-refractivity contribution >= 4 is 33.6 Å². The number of hydrogen-bond acceptors (Lipinski definition) is 7. The number of ether oxygens (including phenoxy) is 2. The van der Waals surface area contributed by atoms with Crippen LogP contribution in [0.25, 0.3) is 0 Å². The van der Waals surface area contributed by atoms with Gasteiger partial charge in [-0.1, -0.05) is 6.07 Å². The Balaban J connectivity index is 2.51. The molecule has 2 aromatic carbocycles. The first kappa shape index (κ1) is 19.9. The molecular formula is C17H16N2O7S. The summed E-state index contributed by atoms with van der Waals surface area (Å²) < 4.78 is 36.8. The number of carbonyl (C=O) groups excluding carboxylic acids is 3. The number of primary amides is 1. The van der Waals surface area contributed by atoms with E-state index in [1.807, 2.05) is 0 Å². The van der Waals surface area contributed by atoms with Crippen molar-refractivity contribution in [2.24, 2.45) is 5.73 Å². The molecule has 0 fully saturated rings. The lowest BCUT2D eigenvalue weighted by Crippen LogP contribution is -2.17. The van der Waals surface area contributed by atoms with Gasteiger partial charge in [0.15, 0.2) is 0 Å². The van der Waals surface area contributed by atoms with Crippen molar-refractivity contribution in [3.05, 3.63) is 59.2 Å². The van der Waals surface area contributed by atoms with Crippen LogP contribution < -0.4 is 10.5 Å². The summed E-state index contributed by atoms with van der Waals surface area (Å²) in [5.41, 5.74) is 5.07. The van der Waals surface area contributed by atoms with Crippen molar-refractivity contribution in [3.8, 4) is 0 Å². The maximum Gasteiger partial charge on any atom is 0.337 e. The largest absolute Gasteiger partial charge is 0.465 e. The van der Waals surface area contributed by atoms with E-state index in [-0.39, 0.29) is 27.3 Å². The molecule has 2 aromatic rings. The van der Waals surface area contributed by atoms with E-state index < -0.39 is 27.9 Å². The van der Waals surface area contributed by atoms with Gasteiger partial charge in [0, 0.05) is 11.3 Å². The van der Waals surface area contributed by atoms with Gasteiger partial charge in [0.1, 0.15) is 0 Å². The first-order chi connectivity index (χ1) is 12.7. The third-order valence-electron chi connectivity index (χ3n) is 3.46. The molecule has 2 rings (SSSR count). The van der Waals surface area contributed by atoms with Crippen molar-refractivity contribution in [2.45, 2.75) is 4.90 Å². The molecule has 10 heteroatoms. The van der Waals surface area contributed by atoms with Crippen molar-refractivity contribution in [3.63, 3.8) is 0 Å². The number of nitrogens with one attached hydrogen (secondary N) is 1. The van der Waals surface area contributed by atoms with Crippen molar-refractivity contribution < 1.29 is 32.3 Å². The molecule has 0 aliphatic carbocycles. The van der Waals surface area contributed by atoms with E-state index in [4.69, 9.17) is 5.73 Å². The SMILES string of the molecule is COC(=O)c1cc(C(=O)OC)cc(S(=O)(=O)Nc2cccc(C(N)=O)c2)c1. The standard InChI is InChI=1S/C17H16N2O7S/c1-25-16(21)11-6-12(17(22)26-2)9-14(8-11)27(23,24)19-13-5-3-4-10(7-13)15(18)20/h3-9,19H,1-2H3,(H2,18,20). The van der Waals surface area contributed by atoms with Crippen LogP contribution in [0.3, 0.4) is 0 Å². The lowest BCUT2D eigenvalue weighted by atomic mass is 10.1. The summed E-state index contributed by atoms with van der Waals surface area (Å²) in [5.74, 6) is -2.38. The van der Waals surface area contributed by atoms with Crippen LogP contribution in [0.2, 0.25) is 0 Å². The number of amides is 1. The Hall–Kier alpha value is -3.40. The zero-order valence-corrected chi connectivity index (χ0v) is 15.2. The summed E-state index contributed by atoms with van der Waals surface area (Å²) >= 11 is 0. The lowest BCUT2D eigenvalue weighted by Gasteiger charge is -2.11.